The normalized spacial score (nSPS) is 16.2. The number of nitrogens with zero attached hydrogens (tertiary/aromatic N) is 5. The number of piperidine rings is 1. The van der Waals surface area contributed by atoms with Crippen LogP contribution in [0.3, 0.4) is 0 Å². The van der Waals surface area contributed by atoms with E-state index in [1.165, 1.54) is 6.20 Å². The van der Waals surface area contributed by atoms with E-state index in [9.17, 15) is 4.79 Å². The summed E-state index contributed by atoms with van der Waals surface area (Å²) in [6.45, 7) is 0.586. The molecule has 8 heteroatoms. The first-order chi connectivity index (χ1) is 14.2. The van der Waals surface area contributed by atoms with Crippen molar-refractivity contribution in [2.75, 3.05) is 13.2 Å². The lowest BCUT2D eigenvalue weighted by Crippen LogP contribution is -2.41. The van der Waals surface area contributed by atoms with Crippen LogP contribution in [0.4, 0.5) is 0 Å². The van der Waals surface area contributed by atoms with E-state index < -0.39 is 0 Å². The second-order valence-corrected chi connectivity index (χ2v) is 6.70. The van der Waals surface area contributed by atoms with Crippen molar-refractivity contribution in [3.8, 4) is 23.4 Å². The molecular weight excluding hydrogens is 370 g/mol. The highest BCUT2D eigenvalue weighted by Crippen LogP contribution is 2.30. The number of benzene rings is 1. The first-order valence-corrected chi connectivity index (χ1v) is 9.42. The monoisotopic (exact) mass is 389 g/mol. The van der Waals surface area contributed by atoms with Crippen LogP contribution in [0.1, 0.15) is 36.7 Å². The molecule has 4 rings (SSSR count). The third-order valence-corrected chi connectivity index (χ3v) is 4.78. The van der Waals surface area contributed by atoms with Gasteiger partial charge in [0.25, 0.3) is 11.8 Å². The lowest BCUT2D eigenvalue weighted by atomic mass is 10.0. The number of pyridine rings is 1. The summed E-state index contributed by atoms with van der Waals surface area (Å²) in [5, 5.41) is 13.0. The Balaban J connectivity index is 1.48. The Hall–Kier alpha value is -3.73. The van der Waals surface area contributed by atoms with Gasteiger partial charge in [0.2, 0.25) is 0 Å². The van der Waals surface area contributed by atoms with Crippen LogP contribution in [-0.2, 0) is 4.79 Å². The van der Waals surface area contributed by atoms with Gasteiger partial charge in [0.05, 0.1) is 11.6 Å². The van der Waals surface area contributed by atoms with Crippen LogP contribution in [0.15, 0.2) is 53.2 Å². The Morgan fingerprint density at radius 3 is 2.86 bits per heavy atom. The van der Waals surface area contributed by atoms with Crippen LogP contribution in [0.2, 0.25) is 0 Å². The largest absolute Gasteiger partial charge is 0.484 e. The molecule has 0 spiro atoms. The van der Waals surface area contributed by atoms with Gasteiger partial charge in [0.1, 0.15) is 17.5 Å². The first kappa shape index (κ1) is 18.6. The maximum absolute atomic E-state index is 12.8. The molecule has 2 aromatic heterocycles. The molecule has 1 amide bonds. The van der Waals surface area contributed by atoms with Crippen molar-refractivity contribution in [3.63, 3.8) is 0 Å². The summed E-state index contributed by atoms with van der Waals surface area (Å²) < 4.78 is 11.0. The number of hydrogen-bond donors (Lipinski definition) is 0. The van der Waals surface area contributed by atoms with Gasteiger partial charge in [0.15, 0.2) is 12.4 Å². The second kappa shape index (κ2) is 8.52. The molecule has 29 heavy (non-hydrogen) atoms. The summed E-state index contributed by atoms with van der Waals surface area (Å²) in [6.07, 6.45) is 4.12. The number of aromatic nitrogens is 3. The number of ether oxygens (including phenoxy) is 1. The third kappa shape index (κ3) is 4.24. The number of para-hydroxylation sites is 1. The minimum Gasteiger partial charge on any atom is -0.484 e. The van der Waals surface area contributed by atoms with E-state index in [1.54, 1.807) is 17.0 Å². The molecule has 1 saturated heterocycles. The summed E-state index contributed by atoms with van der Waals surface area (Å²) in [6, 6.07) is 14.3. The van der Waals surface area contributed by atoms with Gasteiger partial charge in [-0.05, 0) is 43.5 Å². The summed E-state index contributed by atoms with van der Waals surface area (Å²) in [7, 11) is 0. The summed E-state index contributed by atoms with van der Waals surface area (Å²) in [4.78, 5) is 23.2. The number of rotatable bonds is 5. The molecule has 1 fully saturated rings. The van der Waals surface area contributed by atoms with E-state index in [-0.39, 0.29) is 24.4 Å². The highest BCUT2D eigenvalue weighted by Gasteiger charge is 2.32. The molecule has 146 valence electrons. The second-order valence-electron chi connectivity index (χ2n) is 6.70. The Morgan fingerprint density at radius 1 is 1.24 bits per heavy atom. The average molecular weight is 389 g/mol. The molecule has 8 nitrogen and oxygen atoms in total. The van der Waals surface area contributed by atoms with Crippen LogP contribution in [-0.4, -0.2) is 39.1 Å². The predicted octanol–water partition coefficient (Wildman–Crippen LogP) is 3.14. The fourth-order valence-electron chi connectivity index (χ4n) is 3.30. The Labute approximate surface area is 167 Å². The van der Waals surface area contributed by atoms with Gasteiger partial charge in [-0.15, -0.1) is 0 Å². The number of hydrogen-bond acceptors (Lipinski definition) is 7. The van der Waals surface area contributed by atoms with E-state index >= 15 is 0 Å². The van der Waals surface area contributed by atoms with Crippen LogP contribution >= 0.6 is 0 Å². The van der Waals surface area contributed by atoms with E-state index in [2.05, 4.69) is 15.1 Å². The topological polar surface area (TPSA) is 105 Å². The standard InChI is InChI=1S/C21H19N5O3/c22-12-15-9-10-17(23-13-15)21-24-20(25-29-21)18-8-4-5-11-26(18)19(27)14-28-16-6-2-1-3-7-16/h1-3,6-7,9-10,13,18H,4-5,8,11,14H2/t18-/m1/s1. The molecule has 3 heterocycles. The Bertz CT molecular complexity index is 1010. The fraction of sp³-hybridized carbons (Fsp3) is 0.286. The van der Waals surface area contributed by atoms with Gasteiger partial charge in [0, 0.05) is 12.7 Å². The van der Waals surface area contributed by atoms with Crippen LogP contribution in [0.25, 0.3) is 11.6 Å². The molecule has 1 aromatic carbocycles. The van der Waals surface area contributed by atoms with Crippen LogP contribution in [0.5, 0.6) is 5.75 Å². The van der Waals surface area contributed by atoms with E-state index in [0.29, 0.717) is 29.4 Å². The van der Waals surface area contributed by atoms with E-state index in [1.807, 2.05) is 36.4 Å². The van der Waals surface area contributed by atoms with Crippen molar-refractivity contribution in [2.24, 2.45) is 0 Å². The van der Waals surface area contributed by atoms with Crippen molar-refractivity contribution in [1.82, 2.24) is 20.0 Å². The van der Waals surface area contributed by atoms with Crippen molar-refractivity contribution in [2.45, 2.75) is 25.3 Å². The number of nitriles is 1. The van der Waals surface area contributed by atoms with E-state index in [4.69, 9.17) is 14.5 Å². The van der Waals surface area contributed by atoms with Crippen molar-refractivity contribution < 1.29 is 14.1 Å². The summed E-state index contributed by atoms with van der Waals surface area (Å²) in [5.74, 6) is 1.27. The molecule has 3 aromatic rings. The smallest absolute Gasteiger partial charge is 0.276 e. The zero-order chi connectivity index (χ0) is 20.1. The zero-order valence-electron chi connectivity index (χ0n) is 15.7. The maximum atomic E-state index is 12.8. The van der Waals surface area contributed by atoms with Gasteiger partial charge < -0.3 is 14.2 Å². The lowest BCUT2D eigenvalue weighted by Gasteiger charge is -2.33. The van der Waals surface area contributed by atoms with Gasteiger partial charge >= 0.3 is 0 Å². The third-order valence-electron chi connectivity index (χ3n) is 4.78. The summed E-state index contributed by atoms with van der Waals surface area (Å²) in [5.41, 5.74) is 0.944. The SMILES string of the molecule is N#Cc1ccc(-c2nc([C@H]3CCCCN3C(=O)COc3ccccc3)no2)nc1. The Kier molecular flexibility index (Phi) is 5.47. The minimum absolute atomic E-state index is 0.0393. The van der Waals surface area contributed by atoms with Crippen LogP contribution in [0, 0.1) is 11.3 Å². The zero-order valence-corrected chi connectivity index (χ0v) is 15.7. The molecule has 0 saturated carbocycles. The molecule has 0 radical (unpaired) electrons. The molecule has 0 N–H and O–H groups in total. The predicted molar refractivity (Wildman–Crippen MR) is 102 cm³/mol. The first-order valence-electron chi connectivity index (χ1n) is 9.42. The maximum Gasteiger partial charge on any atom is 0.276 e. The average Bonchev–Trinajstić information content (AvgIpc) is 3.28. The van der Waals surface area contributed by atoms with Crippen molar-refractivity contribution >= 4 is 5.91 Å². The van der Waals surface area contributed by atoms with Crippen LogP contribution < -0.4 is 4.74 Å². The minimum atomic E-state index is -0.258. The van der Waals surface area contributed by atoms with Gasteiger partial charge in [-0.3, -0.25) is 4.79 Å². The molecule has 1 aliphatic rings. The van der Waals surface area contributed by atoms with Gasteiger partial charge in [-0.2, -0.15) is 10.2 Å². The molecule has 0 aliphatic carbocycles. The molecule has 0 bridgehead atoms. The quantitative estimate of drug-likeness (QED) is 0.660. The number of likely N-dealkylation sites (tertiary alicyclic amines) is 1. The highest BCUT2D eigenvalue weighted by atomic mass is 16.5. The number of amides is 1. The number of carbonyl (C=O) groups excluding carboxylic acids is 1. The lowest BCUT2D eigenvalue weighted by molar-refractivity contribution is -0.137. The van der Waals surface area contributed by atoms with Gasteiger partial charge in [-0.25, -0.2) is 4.98 Å². The highest BCUT2D eigenvalue weighted by molar-refractivity contribution is 5.78. The van der Waals surface area contributed by atoms with Crippen molar-refractivity contribution in [1.29, 1.82) is 5.26 Å². The Morgan fingerprint density at radius 2 is 2.10 bits per heavy atom. The fourth-order valence-corrected chi connectivity index (χ4v) is 3.30. The summed E-state index contributed by atoms with van der Waals surface area (Å²) >= 11 is 0. The molecular formula is C21H19N5O3. The number of carbonyl (C=O) groups is 1. The van der Waals surface area contributed by atoms with Gasteiger partial charge in [-0.1, -0.05) is 23.4 Å². The van der Waals surface area contributed by atoms with E-state index in [0.717, 1.165) is 19.3 Å². The molecule has 1 atom stereocenters. The molecule has 1 aliphatic heterocycles. The molecule has 0 unspecified atom stereocenters. The van der Waals surface area contributed by atoms with Crippen molar-refractivity contribution in [3.05, 3.63) is 60.0 Å².